The molecule has 0 rings (SSSR count). The highest BCUT2D eigenvalue weighted by molar-refractivity contribution is 6.44. The van der Waals surface area contributed by atoms with Crippen LogP contribution in [-0.2, 0) is 18.3 Å². The maximum Gasteiger partial charge on any atom is 0.321 e. The van der Waals surface area contributed by atoms with Crippen LogP contribution in [0.5, 0.6) is 0 Å². The molecule has 0 aromatic rings. The van der Waals surface area contributed by atoms with Crippen LogP contribution in [0.1, 0.15) is 20.3 Å². The Morgan fingerprint density at radius 3 is 1.79 bits per heavy atom. The van der Waals surface area contributed by atoms with E-state index in [2.05, 4.69) is 4.90 Å². The van der Waals surface area contributed by atoms with Crippen molar-refractivity contribution in [2.45, 2.75) is 26.3 Å². The Bertz CT molecular complexity index is 172. The minimum Gasteiger partial charge on any atom is -0.397 e. The van der Waals surface area contributed by atoms with Gasteiger partial charge in [0.25, 0.3) is 0 Å². The number of hydrogen-bond acceptors (Lipinski definition) is 5. The van der Waals surface area contributed by atoms with E-state index in [1.807, 2.05) is 13.8 Å². The second kappa shape index (κ2) is 14.4. The molecule has 0 heterocycles. The fraction of sp³-hybridized carbons (Fsp3) is 1.00. The van der Waals surface area contributed by atoms with E-state index in [0.29, 0.717) is 0 Å². The molecule has 0 aliphatic rings. The van der Waals surface area contributed by atoms with Gasteiger partial charge in [0.2, 0.25) is 0 Å². The molecule has 0 amide bonds. The maximum atomic E-state index is 5.68. The molecule has 0 unspecified atom stereocenters. The summed E-state index contributed by atoms with van der Waals surface area (Å²) in [6.07, 6.45) is 1.12. The topological polar surface area (TPSA) is 40.2 Å². The highest BCUT2D eigenvalue weighted by atomic mass is 28.3. The Hall–Kier alpha value is 0.0169. The molecule has 6 heteroatoms. The minimum absolute atomic E-state index is 0.758. The van der Waals surface area contributed by atoms with Crippen LogP contribution in [0.15, 0.2) is 0 Å². The van der Waals surface area contributed by atoms with Crippen molar-refractivity contribution >= 4 is 9.28 Å². The molecule has 0 radical (unpaired) electrons. The third-order valence-corrected chi connectivity index (χ3v) is 5.13. The van der Waals surface area contributed by atoms with Crippen LogP contribution in [0, 0.1) is 0 Å². The number of nitrogens with zero attached hydrogens (tertiary/aromatic N) is 1. The second-order valence-electron chi connectivity index (χ2n) is 4.31. The number of rotatable bonds is 14. The van der Waals surface area contributed by atoms with Crippen LogP contribution in [0.2, 0.25) is 6.04 Å². The largest absolute Gasteiger partial charge is 0.397 e. The van der Waals surface area contributed by atoms with Gasteiger partial charge in [-0.05, 0) is 32.9 Å². The van der Waals surface area contributed by atoms with Gasteiger partial charge in [0.05, 0.1) is 13.2 Å². The predicted molar refractivity (Wildman–Crippen MR) is 80.0 cm³/mol. The van der Waals surface area contributed by atoms with Gasteiger partial charge in [-0.3, -0.25) is 4.90 Å². The first-order chi connectivity index (χ1) is 9.28. The van der Waals surface area contributed by atoms with E-state index in [0.717, 1.165) is 58.5 Å². The summed E-state index contributed by atoms with van der Waals surface area (Å²) in [5, 5.41) is 0. The van der Waals surface area contributed by atoms with Gasteiger partial charge in [-0.2, -0.15) is 0 Å². The molecule has 0 aliphatic heterocycles. The van der Waals surface area contributed by atoms with Gasteiger partial charge >= 0.3 is 9.28 Å². The van der Waals surface area contributed by atoms with Crippen molar-refractivity contribution in [2.24, 2.45) is 0 Å². The lowest BCUT2D eigenvalue weighted by Gasteiger charge is -2.22. The van der Waals surface area contributed by atoms with Gasteiger partial charge in [0.15, 0.2) is 0 Å². The van der Waals surface area contributed by atoms with Gasteiger partial charge in [0, 0.05) is 40.5 Å². The SMILES string of the molecule is CCO[SiH](CCCN(CCOC)CCOC)OCC. The summed E-state index contributed by atoms with van der Waals surface area (Å²) >= 11 is 0. The predicted octanol–water partition coefficient (Wildman–Crippen LogP) is 1.26. The molecule has 19 heavy (non-hydrogen) atoms. The maximum absolute atomic E-state index is 5.68. The second-order valence-corrected chi connectivity index (χ2v) is 6.41. The molecule has 0 N–H and O–H groups in total. The molecule has 116 valence electrons. The summed E-state index contributed by atoms with van der Waals surface area (Å²) in [6, 6.07) is 1.07. The zero-order valence-corrected chi connectivity index (χ0v) is 14.2. The molecule has 5 nitrogen and oxygen atoms in total. The summed E-state index contributed by atoms with van der Waals surface area (Å²) in [7, 11) is 2.04. The van der Waals surface area contributed by atoms with Crippen molar-refractivity contribution in [2.75, 3.05) is 60.3 Å². The normalized spacial score (nSPS) is 11.7. The standard InChI is InChI=1S/C13H31NO4Si/c1-5-17-19(18-6-2)13-7-8-14(9-11-15-3)10-12-16-4/h19H,5-13H2,1-4H3. The van der Waals surface area contributed by atoms with Crippen molar-refractivity contribution in [3.05, 3.63) is 0 Å². The van der Waals surface area contributed by atoms with Crippen molar-refractivity contribution in [3.63, 3.8) is 0 Å². The first-order valence-electron chi connectivity index (χ1n) is 7.21. The van der Waals surface area contributed by atoms with E-state index >= 15 is 0 Å². The molecule has 0 spiro atoms. The van der Waals surface area contributed by atoms with E-state index in [9.17, 15) is 0 Å². The lowest BCUT2D eigenvalue weighted by molar-refractivity contribution is 0.113. The summed E-state index contributed by atoms with van der Waals surface area (Å²) < 4.78 is 21.6. The monoisotopic (exact) mass is 293 g/mol. The highest BCUT2D eigenvalue weighted by Gasteiger charge is 2.13. The van der Waals surface area contributed by atoms with Crippen LogP contribution < -0.4 is 0 Å². The lowest BCUT2D eigenvalue weighted by Crippen LogP contribution is -2.33. The van der Waals surface area contributed by atoms with Gasteiger partial charge in [-0.1, -0.05) is 0 Å². The van der Waals surface area contributed by atoms with Gasteiger partial charge in [-0.25, -0.2) is 0 Å². The Kier molecular flexibility index (Phi) is 14.4. The van der Waals surface area contributed by atoms with Crippen LogP contribution in [0.25, 0.3) is 0 Å². The summed E-state index contributed by atoms with van der Waals surface area (Å²) in [5.41, 5.74) is 0. The van der Waals surface area contributed by atoms with Crippen molar-refractivity contribution < 1.29 is 18.3 Å². The van der Waals surface area contributed by atoms with E-state index in [1.54, 1.807) is 14.2 Å². The van der Waals surface area contributed by atoms with Crippen molar-refractivity contribution in [1.29, 1.82) is 0 Å². The average Bonchev–Trinajstić information content (AvgIpc) is 2.41. The highest BCUT2D eigenvalue weighted by Crippen LogP contribution is 2.04. The zero-order chi connectivity index (χ0) is 14.3. The molecule has 0 aromatic carbocycles. The fourth-order valence-electron chi connectivity index (χ4n) is 1.84. The Morgan fingerprint density at radius 1 is 0.842 bits per heavy atom. The Morgan fingerprint density at radius 2 is 1.37 bits per heavy atom. The van der Waals surface area contributed by atoms with Gasteiger partial charge in [0.1, 0.15) is 0 Å². The molecular weight excluding hydrogens is 262 g/mol. The first kappa shape index (κ1) is 19.0. The molecular formula is C13H31NO4Si. The van der Waals surface area contributed by atoms with Crippen LogP contribution >= 0.6 is 0 Å². The summed E-state index contributed by atoms with van der Waals surface area (Å²) in [5.74, 6) is 0. The third kappa shape index (κ3) is 11.5. The molecule has 0 bridgehead atoms. The molecule has 0 atom stereocenters. The number of methoxy groups -OCH3 is 2. The molecule has 0 saturated carbocycles. The number of hydrogen-bond donors (Lipinski definition) is 0. The molecule has 0 fully saturated rings. The van der Waals surface area contributed by atoms with Crippen molar-refractivity contribution in [3.8, 4) is 0 Å². The third-order valence-electron chi connectivity index (χ3n) is 2.84. The lowest BCUT2D eigenvalue weighted by atomic mass is 10.4. The quantitative estimate of drug-likeness (QED) is 0.451. The van der Waals surface area contributed by atoms with Crippen molar-refractivity contribution in [1.82, 2.24) is 4.90 Å². The molecule has 0 aliphatic carbocycles. The van der Waals surface area contributed by atoms with Crippen LogP contribution in [-0.4, -0.2) is 74.5 Å². The smallest absolute Gasteiger partial charge is 0.321 e. The summed E-state index contributed by atoms with van der Waals surface area (Å²) in [4.78, 5) is 2.37. The minimum atomic E-state index is -1.44. The fourth-order valence-corrected chi connectivity index (χ4v) is 3.53. The van der Waals surface area contributed by atoms with E-state index in [4.69, 9.17) is 18.3 Å². The van der Waals surface area contributed by atoms with E-state index < -0.39 is 9.28 Å². The average molecular weight is 293 g/mol. The Balaban J connectivity index is 3.85. The van der Waals surface area contributed by atoms with Crippen LogP contribution in [0.3, 0.4) is 0 Å². The van der Waals surface area contributed by atoms with E-state index in [1.165, 1.54) is 0 Å². The van der Waals surface area contributed by atoms with Crippen LogP contribution in [0.4, 0.5) is 0 Å². The summed E-state index contributed by atoms with van der Waals surface area (Å²) in [6.45, 7) is 10.1. The Labute approximate surface area is 120 Å². The molecule has 0 aromatic heterocycles. The number of ether oxygens (including phenoxy) is 2. The molecule has 0 saturated heterocycles. The van der Waals surface area contributed by atoms with Gasteiger partial charge in [-0.15, -0.1) is 0 Å². The van der Waals surface area contributed by atoms with Gasteiger partial charge < -0.3 is 18.3 Å². The van der Waals surface area contributed by atoms with E-state index in [-0.39, 0.29) is 0 Å². The first-order valence-corrected chi connectivity index (χ1v) is 8.97. The zero-order valence-electron chi connectivity index (χ0n) is 13.0.